The zero-order valence-corrected chi connectivity index (χ0v) is 15.5. The number of hydrogen-bond acceptors (Lipinski definition) is 4. The summed E-state index contributed by atoms with van der Waals surface area (Å²) in [4.78, 5) is 23.6. The summed E-state index contributed by atoms with van der Waals surface area (Å²) in [7, 11) is 0. The lowest BCUT2D eigenvalue weighted by Crippen LogP contribution is -2.36. The van der Waals surface area contributed by atoms with E-state index in [0.717, 1.165) is 11.1 Å². The summed E-state index contributed by atoms with van der Waals surface area (Å²) in [5.41, 5.74) is 2.40. The van der Waals surface area contributed by atoms with Crippen LogP contribution in [-0.4, -0.2) is 30.7 Å². The Balaban J connectivity index is 1.55. The molecule has 0 saturated heterocycles. The van der Waals surface area contributed by atoms with E-state index in [1.54, 1.807) is 24.3 Å². The molecule has 5 nitrogen and oxygen atoms in total. The standard InChI is InChI=1S/C20H20FN3O2S/c21-18-7-5-15(6-8-18)11-19(25)23-9-10-24-20(26)14-27-13-17-3-1-16(12-22)2-4-17/h1-8H,9-11,13-14H2,(H,23,25)(H,24,26). The van der Waals surface area contributed by atoms with E-state index in [-0.39, 0.29) is 24.1 Å². The van der Waals surface area contributed by atoms with Gasteiger partial charge >= 0.3 is 0 Å². The number of halogens is 1. The molecule has 2 aromatic carbocycles. The molecule has 0 heterocycles. The third-order valence-electron chi connectivity index (χ3n) is 3.63. The van der Waals surface area contributed by atoms with Gasteiger partial charge in [0, 0.05) is 18.8 Å². The number of hydrogen-bond donors (Lipinski definition) is 2. The van der Waals surface area contributed by atoms with Crippen LogP contribution in [0.1, 0.15) is 16.7 Å². The van der Waals surface area contributed by atoms with Crippen LogP contribution < -0.4 is 10.6 Å². The molecule has 0 spiro atoms. The highest BCUT2D eigenvalue weighted by Gasteiger charge is 2.05. The number of rotatable bonds is 9. The monoisotopic (exact) mass is 385 g/mol. The number of nitrogens with zero attached hydrogens (tertiary/aromatic N) is 1. The van der Waals surface area contributed by atoms with Crippen LogP contribution in [0.25, 0.3) is 0 Å². The summed E-state index contributed by atoms with van der Waals surface area (Å²) >= 11 is 1.48. The van der Waals surface area contributed by atoms with Crippen molar-refractivity contribution in [2.75, 3.05) is 18.8 Å². The van der Waals surface area contributed by atoms with Gasteiger partial charge in [-0.15, -0.1) is 11.8 Å². The molecule has 0 saturated carbocycles. The molecule has 0 radical (unpaired) electrons. The van der Waals surface area contributed by atoms with Crippen LogP contribution in [-0.2, 0) is 21.8 Å². The molecule has 27 heavy (non-hydrogen) atoms. The molecule has 0 atom stereocenters. The predicted molar refractivity (Wildman–Crippen MR) is 103 cm³/mol. The van der Waals surface area contributed by atoms with Crippen molar-refractivity contribution < 1.29 is 14.0 Å². The van der Waals surface area contributed by atoms with E-state index in [2.05, 4.69) is 16.7 Å². The van der Waals surface area contributed by atoms with Crippen LogP contribution in [0.2, 0.25) is 0 Å². The average molecular weight is 385 g/mol. The van der Waals surface area contributed by atoms with E-state index in [4.69, 9.17) is 5.26 Å². The summed E-state index contributed by atoms with van der Waals surface area (Å²) < 4.78 is 12.8. The van der Waals surface area contributed by atoms with Gasteiger partial charge in [0.15, 0.2) is 0 Å². The van der Waals surface area contributed by atoms with Gasteiger partial charge in [0.2, 0.25) is 11.8 Å². The van der Waals surface area contributed by atoms with Gasteiger partial charge in [-0.1, -0.05) is 24.3 Å². The number of carbonyl (C=O) groups excluding carboxylic acids is 2. The predicted octanol–water partition coefficient (Wildman–Crippen LogP) is 2.41. The maximum atomic E-state index is 12.8. The van der Waals surface area contributed by atoms with Gasteiger partial charge < -0.3 is 10.6 Å². The lowest BCUT2D eigenvalue weighted by atomic mass is 10.1. The van der Waals surface area contributed by atoms with Crippen molar-refractivity contribution in [1.29, 1.82) is 5.26 Å². The fraction of sp³-hybridized carbons (Fsp3) is 0.250. The molecule has 2 rings (SSSR count). The zero-order chi connectivity index (χ0) is 19.5. The summed E-state index contributed by atoms with van der Waals surface area (Å²) in [5.74, 6) is 0.406. The van der Waals surface area contributed by atoms with Crippen molar-refractivity contribution in [3.8, 4) is 6.07 Å². The molecule has 0 aliphatic rings. The van der Waals surface area contributed by atoms with Crippen LogP contribution in [0.15, 0.2) is 48.5 Å². The first-order chi connectivity index (χ1) is 13.1. The Kier molecular flexibility index (Phi) is 8.33. The number of benzene rings is 2. The van der Waals surface area contributed by atoms with E-state index in [1.807, 2.05) is 12.1 Å². The molecule has 140 valence electrons. The minimum atomic E-state index is -0.334. The maximum absolute atomic E-state index is 12.8. The van der Waals surface area contributed by atoms with E-state index < -0.39 is 0 Å². The summed E-state index contributed by atoms with van der Waals surface area (Å²) in [6.07, 6.45) is 0.175. The minimum Gasteiger partial charge on any atom is -0.354 e. The topological polar surface area (TPSA) is 82.0 Å². The second-order valence-corrected chi connectivity index (χ2v) is 6.79. The number of nitriles is 1. The highest BCUT2D eigenvalue weighted by atomic mass is 32.2. The lowest BCUT2D eigenvalue weighted by Gasteiger charge is -2.07. The van der Waals surface area contributed by atoms with Crippen LogP contribution in [0.5, 0.6) is 0 Å². The summed E-state index contributed by atoms with van der Waals surface area (Å²) in [6.45, 7) is 0.692. The van der Waals surface area contributed by atoms with Crippen molar-refractivity contribution in [3.63, 3.8) is 0 Å². The Morgan fingerprint density at radius 1 is 0.926 bits per heavy atom. The fourth-order valence-electron chi connectivity index (χ4n) is 2.24. The van der Waals surface area contributed by atoms with Crippen molar-refractivity contribution in [2.45, 2.75) is 12.2 Å². The molecular formula is C20H20FN3O2S. The second kappa shape index (κ2) is 11.0. The Bertz CT molecular complexity index is 801. The Labute approximate surface area is 162 Å². The highest BCUT2D eigenvalue weighted by molar-refractivity contribution is 7.99. The van der Waals surface area contributed by atoms with Crippen molar-refractivity contribution in [2.24, 2.45) is 0 Å². The maximum Gasteiger partial charge on any atom is 0.230 e. The molecule has 2 N–H and O–H groups in total. The lowest BCUT2D eigenvalue weighted by molar-refractivity contribution is -0.121. The van der Waals surface area contributed by atoms with E-state index in [9.17, 15) is 14.0 Å². The van der Waals surface area contributed by atoms with Crippen LogP contribution in [0.4, 0.5) is 4.39 Å². The molecule has 0 aliphatic carbocycles. The van der Waals surface area contributed by atoms with Crippen molar-refractivity contribution >= 4 is 23.6 Å². The van der Waals surface area contributed by atoms with Gasteiger partial charge in [0.05, 0.1) is 23.8 Å². The molecule has 0 aliphatic heterocycles. The average Bonchev–Trinajstić information content (AvgIpc) is 2.67. The summed E-state index contributed by atoms with van der Waals surface area (Å²) in [5, 5.41) is 14.2. The van der Waals surface area contributed by atoms with Gasteiger partial charge in [-0.3, -0.25) is 9.59 Å². The van der Waals surface area contributed by atoms with Gasteiger partial charge in [-0.25, -0.2) is 4.39 Å². The Morgan fingerprint density at radius 2 is 1.52 bits per heavy atom. The molecule has 2 aromatic rings. The van der Waals surface area contributed by atoms with Gasteiger partial charge in [-0.2, -0.15) is 5.26 Å². The quantitative estimate of drug-likeness (QED) is 0.650. The summed E-state index contributed by atoms with van der Waals surface area (Å²) in [6, 6.07) is 15.1. The van der Waals surface area contributed by atoms with Crippen LogP contribution in [0, 0.1) is 17.1 Å². The van der Waals surface area contributed by atoms with Gasteiger partial charge in [0.1, 0.15) is 5.82 Å². The third kappa shape index (κ3) is 7.92. The van der Waals surface area contributed by atoms with Crippen LogP contribution in [0.3, 0.4) is 0 Å². The molecule has 2 amide bonds. The first kappa shape index (κ1) is 20.5. The smallest absolute Gasteiger partial charge is 0.230 e. The molecule has 0 fully saturated rings. The fourth-order valence-corrected chi connectivity index (χ4v) is 3.06. The molecule has 0 aromatic heterocycles. The first-order valence-corrected chi connectivity index (χ1v) is 9.57. The number of nitrogens with one attached hydrogen (secondary N) is 2. The largest absolute Gasteiger partial charge is 0.354 e. The van der Waals surface area contributed by atoms with Crippen molar-refractivity contribution in [3.05, 3.63) is 71.0 Å². The molecular weight excluding hydrogens is 365 g/mol. The van der Waals surface area contributed by atoms with Gasteiger partial charge in [-0.05, 0) is 35.4 Å². The number of thioether (sulfide) groups is 1. The molecule has 0 unspecified atom stereocenters. The third-order valence-corrected chi connectivity index (χ3v) is 4.64. The molecule has 0 bridgehead atoms. The second-order valence-electron chi connectivity index (χ2n) is 5.80. The number of carbonyl (C=O) groups is 2. The van der Waals surface area contributed by atoms with E-state index in [0.29, 0.717) is 30.2 Å². The molecule has 7 heteroatoms. The van der Waals surface area contributed by atoms with Crippen molar-refractivity contribution in [1.82, 2.24) is 10.6 Å². The highest BCUT2D eigenvalue weighted by Crippen LogP contribution is 2.12. The Hall–Kier alpha value is -2.85. The van der Waals surface area contributed by atoms with E-state index in [1.165, 1.54) is 23.9 Å². The normalized spacial score (nSPS) is 10.1. The Morgan fingerprint density at radius 3 is 2.15 bits per heavy atom. The van der Waals surface area contributed by atoms with Crippen LogP contribution >= 0.6 is 11.8 Å². The SMILES string of the molecule is N#Cc1ccc(CSCC(=O)NCCNC(=O)Cc2ccc(F)cc2)cc1. The number of amides is 2. The zero-order valence-electron chi connectivity index (χ0n) is 14.7. The first-order valence-electron chi connectivity index (χ1n) is 8.41. The van der Waals surface area contributed by atoms with Gasteiger partial charge in [0.25, 0.3) is 0 Å². The minimum absolute atomic E-state index is 0.0959. The van der Waals surface area contributed by atoms with E-state index >= 15 is 0 Å².